The van der Waals surface area contributed by atoms with Crippen LogP contribution >= 0.6 is 0 Å². The third-order valence-electron chi connectivity index (χ3n) is 1.24. The second-order valence-electron chi connectivity index (χ2n) is 2.11. The van der Waals surface area contributed by atoms with E-state index in [1.165, 1.54) is 18.8 Å². The molecule has 0 atom stereocenters. The van der Waals surface area contributed by atoms with E-state index >= 15 is 0 Å². The van der Waals surface area contributed by atoms with Crippen LogP contribution in [0.2, 0.25) is 0 Å². The molecule has 0 unspecified atom stereocenters. The molecule has 0 aromatic rings. The first-order chi connectivity index (χ1) is 4.39. The van der Waals surface area contributed by atoms with Crippen molar-refractivity contribution in [1.29, 1.82) is 0 Å². The Labute approximate surface area is 107 Å². The summed E-state index contributed by atoms with van der Waals surface area (Å²) in [5, 5.41) is 0. The Balaban J connectivity index is 0. The summed E-state index contributed by atoms with van der Waals surface area (Å²) in [6, 6.07) is 0. The van der Waals surface area contributed by atoms with Gasteiger partial charge >= 0.3 is 51.4 Å². The van der Waals surface area contributed by atoms with Gasteiger partial charge in [0, 0.05) is 6.61 Å². The molecule has 0 amide bonds. The minimum absolute atomic E-state index is 0. The van der Waals surface area contributed by atoms with Gasteiger partial charge in [-0.3, -0.25) is 5.92 Å². The van der Waals surface area contributed by atoms with Gasteiger partial charge in [-0.05, 0) is 0 Å². The Morgan fingerprint density at radius 3 is 2.10 bits per heavy atom. The Morgan fingerprint density at radius 2 is 1.90 bits per heavy atom. The molecule has 1 heterocycles. The average molecular weight is 168 g/mol. The van der Waals surface area contributed by atoms with Gasteiger partial charge < -0.3 is 4.74 Å². The van der Waals surface area contributed by atoms with Gasteiger partial charge in [-0.2, -0.15) is 13.3 Å². The molecular weight excluding hydrogens is 151 g/mol. The molecule has 0 aromatic carbocycles. The maximum atomic E-state index is 5.14. The van der Waals surface area contributed by atoms with Gasteiger partial charge in [0.05, 0.1) is 0 Å². The topological polar surface area (TPSA) is 9.23 Å². The van der Waals surface area contributed by atoms with Gasteiger partial charge in [0.15, 0.2) is 0 Å². The van der Waals surface area contributed by atoms with Gasteiger partial charge in [-0.15, -0.1) is 0 Å². The number of hydrogen-bond donors (Lipinski definition) is 0. The monoisotopic (exact) mass is 168 g/mol. The van der Waals surface area contributed by atoms with Gasteiger partial charge in [0.25, 0.3) is 0 Å². The molecule has 10 heavy (non-hydrogen) atoms. The number of ether oxygens (including phenoxy) is 1. The Hall–Kier alpha value is 1.60. The second kappa shape index (κ2) is 10.6. The van der Waals surface area contributed by atoms with E-state index in [2.05, 4.69) is 6.92 Å². The van der Waals surface area contributed by atoms with E-state index in [1.54, 1.807) is 0 Å². The van der Waals surface area contributed by atoms with Gasteiger partial charge in [-0.1, -0.05) is 26.9 Å². The second-order valence-corrected chi connectivity index (χ2v) is 2.11. The molecule has 0 spiro atoms. The fraction of sp³-hybridized carbons (Fsp3) is 0.875. The maximum Gasteiger partial charge on any atom is 1.00 e. The van der Waals surface area contributed by atoms with Crippen LogP contribution in [-0.2, 0) is 4.74 Å². The smallest absolute Gasteiger partial charge is 0.413 e. The third-order valence-corrected chi connectivity index (χ3v) is 1.24. The largest absolute Gasteiger partial charge is 1.00 e. The molecule has 0 aliphatic carbocycles. The summed E-state index contributed by atoms with van der Waals surface area (Å²) < 4.78 is 5.14. The molecule has 1 rings (SSSR count). The summed E-state index contributed by atoms with van der Waals surface area (Å²) in [5.74, 6) is 1.49. The van der Waals surface area contributed by atoms with E-state index in [9.17, 15) is 0 Å². The number of hydrogen-bond acceptors (Lipinski definition) is 1. The van der Waals surface area contributed by atoms with Crippen molar-refractivity contribution in [2.24, 2.45) is 0 Å². The van der Waals surface area contributed by atoms with Crippen molar-refractivity contribution < 1.29 is 56.1 Å². The molecule has 0 aromatic heterocycles. The van der Waals surface area contributed by atoms with E-state index in [0.717, 1.165) is 13.2 Å². The van der Waals surface area contributed by atoms with Crippen LogP contribution in [0.3, 0.4) is 0 Å². The van der Waals surface area contributed by atoms with Crippen molar-refractivity contribution in [3.63, 3.8) is 0 Å². The maximum absolute atomic E-state index is 5.14. The Kier molecular flexibility index (Phi) is 15.0. The quantitative estimate of drug-likeness (QED) is 0.347. The van der Waals surface area contributed by atoms with Crippen LogP contribution in [0.5, 0.6) is 0 Å². The summed E-state index contributed by atoms with van der Waals surface area (Å²) in [6.45, 7) is 8.02. The van der Waals surface area contributed by atoms with E-state index in [1.807, 2.05) is 13.8 Å². The minimum Gasteiger partial charge on any atom is -0.413 e. The zero-order valence-electron chi connectivity index (χ0n) is 7.74. The summed E-state index contributed by atoms with van der Waals surface area (Å²) in [5.41, 5.74) is 0. The average Bonchev–Trinajstić information content (AvgIpc) is 1.94. The number of rotatable bonds is 0. The van der Waals surface area contributed by atoms with Crippen molar-refractivity contribution in [1.82, 2.24) is 0 Å². The minimum atomic E-state index is 0. The predicted molar refractivity (Wildman–Crippen MR) is 40.3 cm³/mol. The predicted octanol–water partition coefficient (Wildman–Crippen LogP) is -0.579. The van der Waals surface area contributed by atoms with Gasteiger partial charge in [0.2, 0.25) is 0 Å². The van der Waals surface area contributed by atoms with Crippen molar-refractivity contribution in [3.05, 3.63) is 5.92 Å². The van der Waals surface area contributed by atoms with Gasteiger partial charge in [-0.25, -0.2) is 0 Å². The van der Waals surface area contributed by atoms with Crippen LogP contribution in [-0.4, -0.2) is 13.2 Å². The first-order valence-corrected chi connectivity index (χ1v) is 3.78. The zero-order chi connectivity index (χ0) is 7.11. The van der Waals surface area contributed by atoms with Crippen molar-refractivity contribution in [2.45, 2.75) is 33.6 Å². The molecule has 1 aliphatic heterocycles. The van der Waals surface area contributed by atoms with Crippen LogP contribution in [0, 0.1) is 5.92 Å². The van der Waals surface area contributed by atoms with Crippen LogP contribution < -0.4 is 51.4 Å². The summed E-state index contributed by atoms with van der Waals surface area (Å²) >= 11 is 0. The molecule has 1 fully saturated rings. The van der Waals surface area contributed by atoms with E-state index in [4.69, 9.17) is 4.74 Å². The van der Waals surface area contributed by atoms with Crippen LogP contribution in [0.1, 0.15) is 33.6 Å². The van der Waals surface area contributed by atoms with Crippen LogP contribution in [0.15, 0.2) is 0 Å². The van der Waals surface area contributed by atoms with Gasteiger partial charge in [0.1, 0.15) is 0 Å². The van der Waals surface area contributed by atoms with Crippen molar-refractivity contribution in [3.8, 4) is 0 Å². The standard InChI is InChI=1S/C6H11O.C2H6.K/c1-6-3-2-4-7-5-6;1-2;/h2-5H2,1H3;1-2H3;/q-1;;+1. The van der Waals surface area contributed by atoms with Crippen molar-refractivity contribution in [2.75, 3.05) is 13.2 Å². The summed E-state index contributed by atoms with van der Waals surface area (Å²) in [4.78, 5) is 0. The SMILES string of the molecule is CC.C[C-]1CCCOC1.[K+]. The molecule has 0 saturated carbocycles. The van der Waals surface area contributed by atoms with Crippen LogP contribution in [0.25, 0.3) is 0 Å². The first-order valence-electron chi connectivity index (χ1n) is 3.78. The van der Waals surface area contributed by atoms with E-state index < -0.39 is 0 Å². The fourth-order valence-electron chi connectivity index (χ4n) is 0.795. The zero-order valence-corrected chi connectivity index (χ0v) is 10.9. The summed E-state index contributed by atoms with van der Waals surface area (Å²) in [7, 11) is 0. The van der Waals surface area contributed by atoms with Crippen molar-refractivity contribution >= 4 is 0 Å². The summed E-state index contributed by atoms with van der Waals surface area (Å²) in [6.07, 6.45) is 2.51. The molecule has 0 radical (unpaired) electrons. The van der Waals surface area contributed by atoms with E-state index in [0.29, 0.717) is 0 Å². The van der Waals surface area contributed by atoms with E-state index in [-0.39, 0.29) is 51.4 Å². The molecule has 0 N–H and O–H groups in total. The molecule has 0 bridgehead atoms. The third kappa shape index (κ3) is 7.70. The fourth-order valence-corrected chi connectivity index (χ4v) is 0.795. The molecule has 2 heteroatoms. The first kappa shape index (κ1) is 14.1. The molecule has 1 nitrogen and oxygen atoms in total. The molecule has 56 valence electrons. The molecule has 1 saturated heterocycles. The van der Waals surface area contributed by atoms with Crippen LogP contribution in [0.4, 0.5) is 0 Å². The molecule has 1 aliphatic rings. The Bertz CT molecular complexity index is 51.2. The Morgan fingerprint density at radius 1 is 1.30 bits per heavy atom. The molecular formula is C8H17KO. The normalized spacial score (nSPS) is 18.3.